The quantitative estimate of drug-likeness (QED) is 0.0520. The third-order valence-electron chi connectivity index (χ3n) is 9.07. The largest absolute Gasteiger partial charge is 2.00 e. The molecule has 272 valence electrons. The Morgan fingerprint density at radius 1 is 0.469 bits per heavy atom. The molecular weight excluding hydrogens is 689 g/mol. The molecule has 10 nitrogen and oxygen atoms in total. The van der Waals surface area contributed by atoms with Crippen LogP contribution in [0.2, 0.25) is 0 Å². The van der Waals surface area contributed by atoms with Gasteiger partial charge in [-0.05, 0) is 62.1 Å². The van der Waals surface area contributed by atoms with Crippen molar-refractivity contribution in [2.24, 2.45) is 0 Å². The molecule has 0 spiro atoms. The van der Waals surface area contributed by atoms with Crippen LogP contribution in [0.15, 0.2) is 46.2 Å². The van der Waals surface area contributed by atoms with Crippen molar-refractivity contribution >= 4 is 80.7 Å². The third kappa shape index (κ3) is 16.7. The molecule has 13 heteroatoms. The van der Waals surface area contributed by atoms with Crippen molar-refractivity contribution in [3.63, 3.8) is 0 Å². The van der Waals surface area contributed by atoms with Gasteiger partial charge in [0, 0.05) is 0 Å². The van der Waals surface area contributed by atoms with Crippen LogP contribution in [0.3, 0.4) is 0 Å². The molecule has 0 saturated carbocycles. The second-order valence-electron chi connectivity index (χ2n) is 13.2. The summed E-state index contributed by atoms with van der Waals surface area (Å²) in [6, 6.07) is 8.86. The maximum atomic E-state index is 11.1. The molecule has 2 atom stereocenters. The van der Waals surface area contributed by atoms with Crippen LogP contribution in [-0.4, -0.2) is 76.0 Å². The molecule has 2 aliphatic heterocycles. The Morgan fingerprint density at radius 3 is 1.06 bits per heavy atom. The Bertz CT molecular complexity index is 1350. The topological polar surface area (TPSA) is 163 Å². The van der Waals surface area contributed by atoms with Crippen LogP contribution in [0.25, 0.3) is 0 Å². The smallest absolute Gasteiger partial charge is 0.744 e. The molecule has 0 aromatic heterocycles. The van der Waals surface area contributed by atoms with Crippen molar-refractivity contribution in [3.8, 4) is 0 Å². The van der Waals surface area contributed by atoms with Gasteiger partial charge in [-0.2, -0.15) is 0 Å². The SMILES string of the molecule is CCCCCCCCCCCC1Nc2ccc(S(=O)(=O)[O-])cc2N1.CCCCCCCCCCCC1Nc2ccc(S(=O)(=O)[O-])cc2N1.[Ca+2]. The van der Waals surface area contributed by atoms with E-state index in [1.807, 2.05) is 0 Å². The van der Waals surface area contributed by atoms with E-state index >= 15 is 0 Å². The summed E-state index contributed by atoms with van der Waals surface area (Å²) in [4.78, 5) is -0.362. The molecule has 2 aromatic carbocycles. The van der Waals surface area contributed by atoms with Gasteiger partial charge < -0.3 is 30.4 Å². The molecule has 0 amide bonds. The van der Waals surface area contributed by atoms with E-state index in [9.17, 15) is 25.9 Å². The van der Waals surface area contributed by atoms with Gasteiger partial charge in [-0.15, -0.1) is 0 Å². The van der Waals surface area contributed by atoms with Crippen molar-refractivity contribution in [1.82, 2.24) is 0 Å². The average molecular weight is 747 g/mol. The van der Waals surface area contributed by atoms with Crippen LogP contribution in [0.4, 0.5) is 22.7 Å². The molecule has 49 heavy (non-hydrogen) atoms. The fourth-order valence-corrected chi connectivity index (χ4v) is 7.27. The molecule has 0 fully saturated rings. The molecule has 2 aliphatic rings. The first kappa shape index (κ1) is 43.9. The van der Waals surface area contributed by atoms with E-state index in [1.54, 1.807) is 12.1 Å². The Labute approximate surface area is 326 Å². The predicted octanol–water partition coefficient (Wildman–Crippen LogP) is 8.97. The van der Waals surface area contributed by atoms with Gasteiger partial charge in [-0.1, -0.05) is 117 Å². The Hall–Kier alpha value is -1.28. The number of hydrogen-bond acceptors (Lipinski definition) is 10. The van der Waals surface area contributed by atoms with Crippen LogP contribution in [0.1, 0.15) is 142 Å². The first-order chi connectivity index (χ1) is 23.0. The van der Waals surface area contributed by atoms with Gasteiger partial charge in [0.25, 0.3) is 0 Å². The Kier molecular flexibility index (Phi) is 20.9. The van der Waals surface area contributed by atoms with E-state index in [1.165, 1.54) is 127 Å². The maximum absolute atomic E-state index is 11.1. The van der Waals surface area contributed by atoms with Crippen molar-refractivity contribution in [2.75, 3.05) is 21.3 Å². The molecule has 2 aromatic rings. The second-order valence-corrected chi connectivity index (χ2v) is 16.0. The molecule has 2 heterocycles. The van der Waals surface area contributed by atoms with Gasteiger partial charge in [0.1, 0.15) is 20.2 Å². The second kappa shape index (κ2) is 23.3. The van der Waals surface area contributed by atoms with E-state index in [0.29, 0.717) is 11.4 Å². The van der Waals surface area contributed by atoms with Crippen molar-refractivity contribution in [2.45, 2.75) is 164 Å². The van der Waals surface area contributed by atoms with Crippen molar-refractivity contribution in [1.29, 1.82) is 0 Å². The van der Waals surface area contributed by atoms with E-state index in [4.69, 9.17) is 0 Å². The number of unbranched alkanes of at least 4 members (excludes halogenated alkanes) is 16. The molecule has 4 N–H and O–H groups in total. The van der Waals surface area contributed by atoms with Crippen molar-refractivity contribution < 1.29 is 25.9 Å². The van der Waals surface area contributed by atoms with Crippen LogP contribution >= 0.6 is 0 Å². The zero-order chi connectivity index (χ0) is 34.8. The molecule has 4 rings (SSSR count). The number of rotatable bonds is 22. The van der Waals surface area contributed by atoms with E-state index in [0.717, 1.165) is 37.1 Å². The molecule has 2 unspecified atom stereocenters. The summed E-state index contributed by atoms with van der Waals surface area (Å²) in [5.41, 5.74) is 3.13. The van der Waals surface area contributed by atoms with Crippen LogP contribution in [-0.2, 0) is 20.2 Å². The first-order valence-corrected chi connectivity index (χ1v) is 21.1. The standard InChI is InChI=1S/2C18H30N2O3S.Ca/c2*1-2-3-4-5-6-7-8-9-10-11-18-19-16-13-12-15(24(21,22)23)14-17(16)20-18;/h2*12-14,18-20H,2-11H2,1H3,(H,21,22,23);/q;;+2/p-2. The first-order valence-electron chi connectivity index (χ1n) is 18.3. The van der Waals surface area contributed by atoms with Crippen LogP contribution < -0.4 is 21.3 Å². The zero-order valence-corrected chi connectivity index (χ0v) is 33.6. The van der Waals surface area contributed by atoms with E-state index < -0.39 is 20.2 Å². The molecular formula is C36H58CaN4O6S2. The van der Waals surface area contributed by atoms with Gasteiger partial charge in [0.15, 0.2) is 0 Å². The summed E-state index contributed by atoms with van der Waals surface area (Å²) in [7, 11) is -8.79. The average Bonchev–Trinajstić information content (AvgIpc) is 3.65. The van der Waals surface area contributed by atoms with Crippen molar-refractivity contribution in [3.05, 3.63) is 36.4 Å². The van der Waals surface area contributed by atoms with Gasteiger partial charge in [-0.3, -0.25) is 0 Å². The summed E-state index contributed by atoms with van der Waals surface area (Å²) >= 11 is 0. The number of fused-ring (bicyclic) bond motifs is 2. The van der Waals surface area contributed by atoms with Crippen LogP contribution in [0, 0.1) is 0 Å². The number of anilines is 4. The number of benzene rings is 2. The van der Waals surface area contributed by atoms with Crippen LogP contribution in [0.5, 0.6) is 0 Å². The summed E-state index contributed by atoms with van der Waals surface area (Å²) in [6.07, 6.45) is 25.6. The normalized spacial score (nSPS) is 16.2. The zero-order valence-electron chi connectivity index (χ0n) is 29.7. The van der Waals surface area contributed by atoms with E-state index in [2.05, 4.69) is 35.1 Å². The predicted molar refractivity (Wildman–Crippen MR) is 200 cm³/mol. The minimum Gasteiger partial charge on any atom is -0.744 e. The van der Waals surface area contributed by atoms with Gasteiger partial charge in [-0.25, -0.2) is 16.8 Å². The summed E-state index contributed by atoms with van der Waals surface area (Å²) < 4.78 is 66.4. The molecule has 0 saturated heterocycles. The third-order valence-corrected chi connectivity index (χ3v) is 10.7. The fourth-order valence-electron chi connectivity index (χ4n) is 6.28. The Morgan fingerprint density at radius 2 is 0.755 bits per heavy atom. The Balaban J connectivity index is 0.000000333. The molecule has 0 bridgehead atoms. The molecule has 0 aliphatic carbocycles. The number of hydrogen-bond donors (Lipinski definition) is 4. The molecule has 0 radical (unpaired) electrons. The minimum absolute atomic E-state index is 0. The number of nitrogens with one attached hydrogen (secondary N) is 4. The fraction of sp³-hybridized carbons (Fsp3) is 0.667. The van der Waals surface area contributed by atoms with Gasteiger partial charge in [0.05, 0.1) is 44.9 Å². The summed E-state index contributed by atoms with van der Waals surface area (Å²) in [6.45, 7) is 4.48. The summed E-state index contributed by atoms with van der Waals surface area (Å²) in [5, 5.41) is 13.2. The van der Waals surface area contributed by atoms with Gasteiger partial charge >= 0.3 is 37.7 Å². The maximum Gasteiger partial charge on any atom is 2.00 e. The summed E-state index contributed by atoms with van der Waals surface area (Å²) in [5.74, 6) is 0. The van der Waals surface area contributed by atoms with Gasteiger partial charge in [0.2, 0.25) is 0 Å². The van der Waals surface area contributed by atoms with E-state index in [-0.39, 0.29) is 59.9 Å². The monoisotopic (exact) mass is 746 g/mol. The minimum atomic E-state index is -4.40.